The van der Waals surface area contributed by atoms with Gasteiger partial charge in [-0.15, -0.1) is 11.6 Å². The van der Waals surface area contributed by atoms with Crippen molar-refractivity contribution in [3.8, 4) is 0 Å². The normalized spacial score (nSPS) is 31.8. The fraction of sp³-hybridized carbons (Fsp3) is 1.00. The largest absolute Gasteiger partial charge is 0.146 e. The lowest BCUT2D eigenvalue weighted by Crippen LogP contribution is -2.35. The highest BCUT2D eigenvalue weighted by atomic mass is 35.5. The summed E-state index contributed by atoms with van der Waals surface area (Å²) in [4.78, 5) is 0.0196. The molecule has 0 aromatic rings. The molecular weight excluding hydrogens is 202 g/mol. The molecule has 0 aromatic carbocycles. The minimum Gasteiger partial charge on any atom is -0.120 e. The van der Waals surface area contributed by atoms with Gasteiger partial charge in [0.25, 0.3) is 0 Å². The van der Waals surface area contributed by atoms with Crippen LogP contribution in [0.15, 0.2) is 0 Å². The summed E-state index contributed by atoms with van der Waals surface area (Å²) >= 11 is 6.31. The van der Waals surface area contributed by atoms with Gasteiger partial charge in [0.1, 0.15) is 6.71 Å². The molecule has 2 fully saturated rings. The van der Waals surface area contributed by atoms with Crippen molar-refractivity contribution >= 4 is 18.3 Å². The third kappa shape index (κ3) is 3.15. The zero-order valence-corrected chi connectivity index (χ0v) is 11.0. The predicted octanol–water partition coefficient (Wildman–Crippen LogP) is 5.00. The number of hydrogen-bond acceptors (Lipinski definition) is 0. The van der Waals surface area contributed by atoms with Crippen LogP contribution in [0.4, 0.5) is 0 Å². The lowest BCUT2D eigenvalue weighted by molar-refractivity contribution is 0.438. The van der Waals surface area contributed by atoms with Crippen LogP contribution in [0.25, 0.3) is 0 Å². The first-order valence-electron chi connectivity index (χ1n) is 6.75. The first kappa shape index (κ1) is 11.8. The molecule has 15 heavy (non-hydrogen) atoms. The topological polar surface area (TPSA) is 0 Å². The number of hydrogen-bond donors (Lipinski definition) is 0. The third-order valence-corrected chi connectivity index (χ3v) is 4.77. The van der Waals surface area contributed by atoms with Crippen LogP contribution in [-0.4, -0.2) is 11.6 Å². The molecule has 0 aliphatic carbocycles. The number of alkyl halides is 1. The highest BCUT2D eigenvalue weighted by molar-refractivity contribution is 6.62. The van der Waals surface area contributed by atoms with Gasteiger partial charge >= 0.3 is 0 Å². The van der Waals surface area contributed by atoms with Gasteiger partial charge in [-0.2, -0.15) is 0 Å². The fourth-order valence-corrected chi connectivity index (χ4v) is 3.90. The molecule has 0 nitrogen and oxygen atoms in total. The summed E-state index contributed by atoms with van der Waals surface area (Å²) in [5.74, 6) is 2.10. The Morgan fingerprint density at radius 3 is 1.93 bits per heavy atom. The molecule has 0 unspecified atom stereocenters. The van der Waals surface area contributed by atoms with E-state index in [-0.39, 0.29) is 4.87 Å². The van der Waals surface area contributed by atoms with E-state index in [4.69, 9.17) is 11.6 Å². The summed E-state index contributed by atoms with van der Waals surface area (Å²) in [6.07, 6.45) is 11.6. The quantitative estimate of drug-likeness (QED) is 0.469. The minimum atomic E-state index is 0.0196. The Balaban J connectivity index is 1.89. The molecular formula is C13H24BCl. The Bertz CT molecular complexity index is 187. The third-order valence-electron chi connectivity index (χ3n) is 4.58. The van der Waals surface area contributed by atoms with Crippen molar-refractivity contribution in [3.05, 3.63) is 0 Å². The SMILES string of the molecule is CC(C)(Cl)CCB1C2CCCC1CCC2. The Morgan fingerprint density at radius 1 is 1.07 bits per heavy atom. The summed E-state index contributed by atoms with van der Waals surface area (Å²) in [5, 5.41) is 0. The van der Waals surface area contributed by atoms with Gasteiger partial charge in [-0.1, -0.05) is 56.5 Å². The lowest BCUT2D eigenvalue weighted by atomic mass is 9.25. The Hall–Kier alpha value is 0.355. The summed E-state index contributed by atoms with van der Waals surface area (Å²) in [5.41, 5.74) is 0. The molecule has 0 atom stereocenters. The molecule has 0 radical (unpaired) electrons. The average molecular weight is 227 g/mol. The molecule has 2 aliphatic rings. The maximum atomic E-state index is 6.31. The molecule has 2 heterocycles. The first-order valence-corrected chi connectivity index (χ1v) is 7.13. The predicted molar refractivity (Wildman–Crippen MR) is 70.3 cm³/mol. The Labute approximate surface area is 100 Å². The summed E-state index contributed by atoms with van der Waals surface area (Å²) in [6, 6.07) is 0. The van der Waals surface area contributed by atoms with Gasteiger partial charge in [-0.05, 0) is 20.3 Å². The van der Waals surface area contributed by atoms with E-state index in [2.05, 4.69) is 13.8 Å². The molecule has 2 rings (SSSR count). The molecule has 86 valence electrons. The van der Waals surface area contributed by atoms with Crippen molar-refractivity contribution in [1.29, 1.82) is 0 Å². The highest BCUT2D eigenvalue weighted by Gasteiger charge is 2.38. The summed E-state index contributed by atoms with van der Waals surface area (Å²) in [6.45, 7) is 5.34. The van der Waals surface area contributed by atoms with Crippen LogP contribution in [0.3, 0.4) is 0 Å². The molecule has 0 N–H and O–H groups in total. The second-order valence-corrected chi connectivity index (χ2v) is 7.33. The zero-order chi connectivity index (χ0) is 10.9. The van der Waals surface area contributed by atoms with Crippen molar-refractivity contribution in [2.75, 3.05) is 0 Å². The summed E-state index contributed by atoms with van der Waals surface area (Å²) < 4.78 is 0. The van der Waals surface area contributed by atoms with Crippen molar-refractivity contribution in [3.63, 3.8) is 0 Å². The molecule has 0 saturated carbocycles. The van der Waals surface area contributed by atoms with Crippen LogP contribution in [-0.2, 0) is 0 Å². The van der Waals surface area contributed by atoms with Crippen LogP contribution in [0.1, 0.15) is 58.8 Å². The standard InChI is InChI=1S/C13H24BCl/c1-13(2,15)9-10-14-11-5-3-6-12(14)8-4-7-11/h11-12H,3-10H2,1-2H3. The van der Waals surface area contributed by atoms with Gasteiger partial charge in [-0.3, -0.25) is 0 Å². The van der Waals surface area contributed by atoms with E-state index >= 15 is 0 Å². The van der Waals surface area contributed by atoms with Crippen molar-refractivity contribution in [2.45, 2.75) is 81.6 Å². The van der Waals surface area contributed by atoms with Crippen LogP contribution in [0, 0.1) is 0 Å². The van der Waals surface area contributed by atoms with Gasteiger partial charge in [0.05, 0.1) is 0 Å². The second-order valence-electron chi connectivity index (χ2n) is 6.30. The van der Waals surface area contributed by atoms with Gasteiger partial charge in [0.15, 0.2) is 0 Å². The Morgan fingerprint density at radius 2 is 1.53 bits per heavy atom. The average Bonchev–Trinajstić information content (AvgIpc) is 2.12. The monoisotopic (exact) mass is 226 g/mol. The maximum Gasteiger partial charge on any atom is 0.146 e. The number of fused-ring (bicyclic) bond motifs is 2. The van der Waals surface area contributed by atoms with E-state index in [0.29, 0.717) is 0 Å². The van der Waals surface area contributed by atoms with E-state index in [1.165, 1.54) is 51.3 Å². The van der Waals surface area contributed by atoms with E-state index in [1.807, 2.05) is 0 Å². The molecule has 0 spiro atoms. The van der Waals surface area contributed by atoms with Gasteiger partial charge in [0.2, 0.25) is 0 Å². The smallest absolute Gasteiger partial charge is 0.120 e. The van der Waals surface area contributed by atoms with Crippen molar-refractivity contribution in [2.24, 2.45) is 0 Å². The number of rotatable bonds is 3. The van der Waals surface area contributed by atoms with Crippen LogP contribution < -0.4 is 0 Å². The first-order chi connectivity index (χ1) is 7.06. The van der Waals surface area contributed by atoms with Gasteiger partial charge in [0, 0.05) is 4.87 Å². The number of halogens is 1. The fourth-order valence-electron chi connectivity index (χ4n) is 3.80. The van der Waals surface area contributed by atoms with Crippen LogP contribution >= 0.6 is 11.6 Å². The second kappa shape index (κ2) is 4.69. The highest BCUT2D eigenvalue weighted by Crippen LogP contribution is 2.48. The molecule has 0 aromatic heterocycles. The van der Waals surface area contributed by atoms with E-state index < -0.39 is 0 Å². The maximum absolute atomic E-state index is 6.31. The lowest BCUT2D eigenvalue weighted by Gasteiger charge is -2.41. The Kier molecular flexibility index (Phi) is 3.70. The van der Waals surface area contributed by atoms with Crippen molar-refractivity contribution in [1.82, 2.24) is 0 Å². The zero-order valence-electron chi connectivity index (χ0n) is 10.3. The van der Waals surface area contributed by atoms with E-state index in [9.17, 15) is 0 Å². The minimum absolute atomic E-state index is 0.0196. The van der Waals surface area contributed by atoms with E-state index in [0.717, 1.165) is 18.3 Å². The van der Waals surface area contributed by atoms with E-state index in [1.54, 1.807) is 0 Å². The molecule has 0 amide bonds. The van der Waals surface area contributed by atoms with Gasteiger partial charge < -0.3 is 0 Å². The molecule has 2 bridgehead atoms. The molecule has 2 aliphatic heterocycles. The molecule has 2 heteroatoms. The summed E-state index contributed by atoms with van der Waals surface area (Å²) in [7, 11) is 0. The van der Waals surface area contributed by atoms with Crippen LogP contribution in [0.5, 0.6) is 0 Å². The van der Waals surface area contributed by atoms with Gasteiger partial charge in [-0.25, -0.2) is 0 Å². The molecule has 2 saturated heterocycles. The van der Waals surface area contributed by atoms with Crippen LogP contribution in [0.2, 0.25) is 18.0 Å². The van der Waals surface area contributed by atoms with Crippen molar-refractivity contribution < 1.29 is 0 Å².